The highest BCUT2D eigenvalue weighted by Crippen LogP contribution is 2.23. The summed E-state index contributed by atoms with van der Waals surface area (Å²) >= 11 is 9.42. The van der Waals surface area contributed by atoms with Gasteiger partial charge in [0, 0.05) is 27.3 Å². The number of carbonyl (C=O) groups is 1. The Morgan fingerprint density at radius 1 is 1.28 bits per heavy atom. The minimum atomic E-state index is -0.0865. The van der Waals surface area contributed by atoms with Crippen LogP contribution in [0.15, 0.2) is 57.5 Å². The van der Waals surface area contributed by atoms with Crippen LogP contribution in [-0.4, -0.2) is 34.0 Å². The molecule has 3 aromatic rings. The monoisotopic (exact) mass is 474 g/mol. The first-order chi connectivity index (χ1) is 14.1. The number of rotatable bonds is 5. The van der Waals surface area contributed by atoms with Crippen LogP contribution in [0.3, 0.4) is 0 Å². The summed E-state index contributed by atoms with van der Waals surface area (Å²) in [7, 11) is 0. The number of aromatic nitrogens is 2. The van der Waals surface area contributed by atoms with Crippen LogP contribution in [0.2, 0.25) is 5.02 Å². The Kier molecular flexibility index (Phi) is 6.28. The van der Waals surface area contributed by atoms with E-state index in [1.807, 2.05) is 36.4 Å². The molecule has 2 heterocycles. The first kappa shape index (κ1) is 20.1. The molecule has 1 fully saturated rings. The molecule has 4 rings (SSSR count). The van der Waals surface area contributed by atoms with Gasteiger partial charge in [0.25, 0.3) is 0 Å². The molecule has 0 spiro atoms. The molecule has 1 unspecified atom stereocenters. The molecular weight excluding hydrogens is 456 g/mol. The van der Waals surface area contributed by atoms with Gasteiger partial charge in [0.2, 0.25) is 17.6 Å². The SMILES string of the molecule is O=C(Nc1cccc(Cl)c1)C1CCCN(Cc2nc(-c3ccc(Br)cc3)no2)C1. The van der Waals surface area contributed by atoms with Crippen molar-refractivity contribution >= 4 is 39.1 Å². The lowest BCUT2D eigenvalue weighted by atomic mass is 9.97. The molecule has 1 atom stereocenters. The molecule has 1 aromatic heterocycles. The molecule has 150 valence electrons. The number of nitrogens with one attached hydrogen (secondary N) is 1. The summed E-state index contributed by atoms with van der Waals surface area (Å²) in [6.07, 6.45) is 1.80. The van der Waals surface area contributed by atoms with Crippen molar-refractivity contribution < 1.29 is 9.32 Å². The van der Waals surface area contributed by atoms with Crippen LogP contribution in [0.5, 0.6) is 0 Å². The number of benzene rings is 2. The lowest BCUT2D eigenvalue weighted by Crippen LogP contribution is -2.40. The van der Waals surface area contributed by atoms with Crippen LogP contribution in [0.4, 0.5) is 5.69 Å². The summed E-state index contributed by atoms with van der Waals surface area (Å²) < 4.78 is 6.43. The van der Waals surface area contributed by atoms with Gasteiger partial charge in [-0.3, -0.25) is 9.69 Å². The number of nitrogens with zero attached hydrogens (tertiary/aromatic N) is 3. The molecular formula is C21H20BrClN4O2. The van der Waals surface area contributed by atoms with Gasteiger partial charge in [-0.25, -0.2) is 0 Å². The fourth-order valence-electron chi connectivity index (χ4n) is 3.45. The third kappa shape index (κ3) is 5.23. The van der Waals surface area contributed by atoms with Crippen molar-refractivity contribution in [3.8, 4) is 11.4 Å². The van der Waals surface area contributed by atoms with Gasteiger partial charge in [-0.15, -0.1) is 0 Å². The predicted molar refractivity (Wildman–Crippen MR) is 116 cm³/mol. The van der Waals surface area contributed by atoms with Crippen molar-refractivity contribution in [2.24, 2.45) is 5.92 Å². The summed E-state index contributed by atoms with van der Waals surface area (Å²) in [6.45, 7) is 2.09. The third-order valence-corrected chi connectivity index (χ3v) is 5.66. The predicted octanol–water partition coefficient (Wildman–Crippen LogP) is 5.00. The Bertz CT molecular complexity index is 992. The lowest BCUT2D eigenvalue weighted by molar-refractivity contribution is -0.121. The molecule has 0 aliphatic carbocycles. The minimum absolute atomic E-state index is 0.0121. The van der Waals surface area contributed by atoms with Gasteiger partial charge < -0.3 is 9.84 Å². The average molecular weight is 476 g/mol. The van der Waals surface area contributed by atoms with E-state index >= 15 is 0 Å². The molecule has 0 radical (unpaired) electrons. The lowest BCUT2D eigenvalue weighted by Gasteiger charge is -2.30. The molecule has 2 aromatic carbocycles. The van der Waals surface area contributed by atoms with Gasteiger partial charge in [0.15, 0.2) is 0 Å². The summed E-state index contributed by atoms with van der Waals surface area (Å²) in [6, 6.07) is 15.0. The van der Waals surface area contributed by atoms with Crippen LogP contribution in [0.25, 0.3) is 11.4 Å². The second kappa shape index (κ2) is 9.07. The molecule has 6 nitrogen and oxygen atoms in total. The summed E-state index contributed by atoms with van der Waals surface area (Å²) in [5, 5.41) is 7.64. The van der Waals surface area contributed by atoms with Crippen molar-refractivity contribution in [3.05, 3.63) is 63.9 Å². The molecule has 1 aliphatic heterocycles. The Balaban J connectivity index is 1.36. The largest absolute Gasteiger partial charge is 0.338 e. The van der Waals surface area contributed by atoms with Crippen molar-refractivity contribution in [1.29, 1.82) is 0 Å². The Hall–Kier alpha value is -2.22. The molecule has 1 N–H and O–H groups in total. The van der Waals surface area contributed by atoms with Gasteiger partial charge in [-0.05, 0) is 61.9 Å². The van der Waals surface area contributed by atoms with Gasteiger partial charge >= 0.3 is 0 Å². The van der Waals surface area contributed by atoms with Crippen molar-refractivity contribution in [1.82, 2.24) is 15.0 Å². The Labute approximate surface area is 182 Å². The fraction of sp³-hybridized carbons (Fsp3) is 0.286. The normalized spacial score (nSPS) is 17.2. The fourth-order valence-corrected chi connectivity index (χ4v) is 3.90. The zero-order chi connectivity index (χ0) is 20.2. The van der Waals surface area contributed by atoms with Gasteiger partial charge in [-0.2, -0.15) is 4.98 Å². The van der Waals surface area contributed by atoms with Crippen molar-refractivity contribution in [2.75, 3.05) is 18.4 Å². The van der Waals surface area contributed by atoms with E-state index in [0.717, 1.165) is 35.1 Å². The molecule has 0 bridgehead atoms. The first-order valence-corrected chi connectivity index (χ1v) is 10.6. The van der Waals surface area contributed by atoms with E-state index in [0.29, 0.717) is 29.8 Å². The van der Waals surface area contributed by atoms with Gasteiger partial charge in [0.1, 0.15) is 0 Å². The minimum Gasteiger partial charge on any atom is -0.338 e. The highest BCUT2D eigenvalue weighted by Gasteiger charge is 2.27. The van der Waals surface area contributed by atoms with E-state index in [1.165, 1.54) is 0 Å². The van der Waals surface area contributed by atoms with Crippen LogP contribution in [0.1, 0.15) is 18.7 Å². The van der Waals surface area contributed by atoms with Gasteiger partial charge in [0.05, 0.1) is 12.5 Å². The van der Waals surface area contributed by atoms with E-state index in [2.05, 4.69) is 36.3 Å². The second-order valence-corrected chi connectivity index (χ2v) is 8.44. The van der Waals surface area contributed by atoms with Crippen LogP contribution < -0.4 is 5.32 Å². The summed E-state index contributed by atoms with van der Waals surface area (Å²) in [5.41, 5.74) is 1.62. The highest BCUT2D eigenvalue weighted by atomic mass is 79.9. The van der Waals surface area contributed by atoms with E-state index in [4.69, 9.17) is 16.1 Å². The van der Waals surface area contributed by atoms with Gasteiger partial charge in [-0.1, -0.05) is 38.8 Å². The van der Waals surface area contributed by atoms with Crippen LogP contribution in [0, 0.1) is 5.92 Å². The molecule has 8 heteroatoms. The van der Waals surface area contributed by atoms with Crippen LogP contribution >= 0.6 is 27.5 Å². The van der Waals surface area contributed by atoms with E-state index in [1.54, 1.807) is 12.1 Å². The Morgan fingerprint density at radius 2 is 2.10 bits per heavy atom. The first-order valence-electron chi connectivity index (χ1n) is 9.44. The maximum absolute atomic E-state index is 12.7. The van der Waals surface area contributed by atoms with Crippen LogP contribution in [-0.2, 0) is 11.3 Å². The molecule has 1 aliphatic rings. The summed E-state index contributed by atoms with van der Waals surface area (Å²) in [4.78, 5) is 19.3. The number of carbonyl (C=O) groups excluding carboxylic acids is 1. The molecule has 1 saturated heterocycles. The van der Waals surface area contributed by atoms with E-state index < -0.39 is 0 Å². The quantitative estimate of drug-likeness (QED) is 0.562. The standard InChI is InChI=1S/C21H20BrClN4O2/c22-16-8-6-14(7-9-16)20-25-19(29-26-20)13-27-10-2-3-15(12-27)21(28)24-18-5-1-4-17(23)11-18/h1,4-9,11,15H,2-3,10,12-13H2,(H,24,28). The number of amides is 1. The third-order valence-electron chi connectivity index (χ3n) is 4.90. The zero-order valence-corrected chi connectivity index (χ0v) is 18.0. The maximum atomic E-state index is 12.7. The average Bonchev–Trinajstić information content (AvgIpc) is 3.17. The molecule has 29 heavy (non-hydrogen) atoms. The smallest absolute Gasteiger partial charge is 0.241 e. The van der Waals surface area contributed by atoms with Crippen molar-refractivity contribution in [3.63, 3.8) is 0 Å². The zero-order valence-electron chi connectivity index (χ0n) is 15.6. The molecule has 1 amide bonds. The van der Waals surface area contributed by atoms with E-state index in [-0.39, 0.29) is 11.8 Å². The van der Waals surface area contributed by atoms with Crippen molar-refractivity contribution in [2.45, 2.75) is 19.4 Å². The number of piperidine rings is 1. The topological polar surface area (TPSA) is 71.3 Å². The number of anilines is 1. The molecule has 0 saturated carbocycles. The maximum Gasteiger partial charge on any atom is 0.241 e. The number of hydrogen-bond donors (Lipinski definition) is 1. The summed E-state index contributed by atoms with van der Waals surface area (Å²) in [5.74, 6) is 1.05. The number of hydrogen-bond acceptors (Lipinski definition) is 5. The highest BCUT2D eigenvalue weighted by molar-refractivity contribution is 9.10. The second-order valence-electron chi connectivity index (χ2n) is 7.09. The number of likely N-dealkylation sites (tertiary alicyclic amines) is 1. The number of halogens is 2. The van der Waals surface area contributed by atoms with E-state index in [9.17, 15) is 4.79 Å². The Morgan fingerprint density at radius 3 is 2.90 bits per heavy atom.